The normalized spacial score (nSPS) is 10.9. The van der Waals surface area contributed by atoms with Gasteiger partial charge >= 0.3 is 6.85 Å². The van der Waals surface area contributed by atoms with Crippen LogP contribution in [0.15, 0.2) is 48.8 Å². The molecule has 2 heteroatoms. The third-order valence-electron chi connectivity index (χ3n) is 4.95. The van der Waals surface area contributed by atoms with E-state index in [4.69, 9.17) is 0 Å². The smallest absolute Gasteiger partial charge is 0.328 e. The van der Waals surface area contributed by atoms with Crippen LogP contribution < -0.4 is 10.9 Å². The van der Waals surface area contributed by atoms with Gasteiger partial charge in [0.15, 0.2) is 0 Å². The molecule has 0 unspecified atom stereocenters. The van der Waals surface area contributed by atoms with E-state index in [9.17, 15) is 0 Å². The van der Waals surface area contributed by atoms with Gasteiger partial charge in [0.2, 0.25) is 0 Å². The second-order valence-corrected chi connectivity index (χ2v) is 7.16. The number of aromatic nitrogens is 1. The lowest BCUT2D eigenvalue weighted by molar-refractivity contribution is 1.20. The van der Waals surface area contributed by atoms with Crippen LogP contribution in [0.3, 0.4) is 0 Å². The molecule has 0 bridgehead atoms. The Hall–Kier alpha value is -2.22. The molecule has 3 rings (SSSR count). The predicted octanol–water partition coefficient (Wildman–Crippen LogP) is 3.99. The fraction of sp³-hybridized carbons (Fsp3) is 0.273. The molecule has 122 valence electrons. The lowest BCUT2D eigenvalue weighted by Gasteiger charge is -2.24. The molecule has 0 spiro atoms. The van der Waals surface area contributed by atoms with Crippen molar-refractivity contribution >= 4 is 17.8 Å². The van der Waals surface area contributed by atoms with Gasteiger partial charge < -0.3 is 4.48 Å². The van der Waals surface area contributed by atoms with Gasteiger partial charge in [-0.05, 0) is 77.0 Å². The summed E-state index contributed by atoms with van der Waals surface area (Å²) in [5.74, 6) is 0. The van der Waals surface area contributed by atoms with Crippen molar-refractivity contribution in [1.82, 2.24) is 4.48 Å². The Bertz CT molecular complexity index is 771. The topological polar surface area (TPSA) is 4.93 Å². The van der Waals surface area contributed by atoms with Crippen molar-refractivity contribution in [3.05, 3.63) is 82.2 Å². The number of hydrogen-bond acceptors (Lipinski definition) is 0. The van der Waals surface area contributed by atoms with Crippen LogP contribution in [0, 0.1) is 41.5 Å². The Morgan fingerprint density at radius 3 is 1.25 bits per heavy atom. The molecule has 24 heavy (non-hydrogen) atoms. The molecule has 0 atom stereocenters. The van der Waals surface area contributed by atoms with Crippen molar-refractivity contribution in [2.24, 2.45) is 0 Å². The predicted molar refractivity (Wildman–Crippen MR) is 106 cm³/mol. The molecule has 0 aliphatic heterocycles. The Morgan fingerprint density at radius 1 is 0.583 bits per heavy atom. The zero-order valence-electron chi connectivity index (χ0n) is 15.6. The highest BCUT2D eigenvalue weighted by Crippen LogP contribution is 2.13. The summed E-state index contributed by atoms with van der Waals surface area (Å²) in [5.41, 5.74) is 11.0. The van der Waals surface area contributed by atoms with Gasteiger partial charge in [0.1, 0.15) is 0 Å². The summed E-state index contributed by atoms with van der Waals surface area (Å²) in [6, 6.07) is 13.4. The van der Waals surface area contributed by atoms with Gasteiger partial charge in [-0.2, -0.15) is 0 Å². The summed E-state index contributed by atoms with van der Waals surface area (Å²) >= 11 is 0. The molecule has 3 aromatic rings. The van der Waals surface area contributed by atoms with E-state index in [-0.39, 0.29) is 6.85 Å². The summed E-state index contributed by atoms with van der Waals surface area (Å²) in [5, 5.41) is 0. The number of hydrogen-bond donors (Lipinski definition) is 0. The Balaban J connectivity index is 2.32. The Labute approximate surface area is 146 Å². The van der Waals surface area contributed by atoms with Crippen LogP contribution in [0.25, 0.3) is 0 Å². The molecule has 0 N–H and O–H groups in total. The maximum atomic E-state index is 2.34. The fourth-order valence-electron chi connectivity index (χ4n) is 4.21. The Kier molecular flexibility index (Phi) is 4.40. The first-order chi connectivity index (χ1) is 11.4. The minimum atomic E-state index is 0.223. The number of aryl methyl sites for hydroxylation is 6. The summed E-state index contributed by atoms with van der Waals surface area (Å²) < 4.78 is 2.34. The molecule has 0 radical (unpaired) electrons. The van der Waals surface area contributed by atoms with E-state index in [1.165, 1.54) is 44.3 Å². The molecule has 0 saturated carbocycles. The highest BCUT2D eigenvalue weighted by molar-refractivity contribution is 6.85. The molecule has 1 aromatic heterocycles. The van der Waals surface area contributed by atoms with Gasteiger partial charge in [0, 0.05) is 0 Å². The molecule has 0 aliphatic rings. The minimum Gasteiger partial charge on any atom is -0.389 e. The molecule has 0 saturated heterocycles. The average Bonchev–Trinajstić information content (AvgIpc) is 2.97. The summed E-state index contributed by atoms with van der Waals surface area (Å²) in [7, 11) is 0. The van der Waals surface area contributed by atoms with Gasteiger partial charge in [-0.25, -0.2) is 0 Å². The lowest BCUT2D eigenvalue weighted by Crippen LogP contribution is -2.52. The van der Waals surface area contributed by atoms with E-state index in [0.29, 0.717) is 0 Å². The van der Waals surface area contributed by atoms with E-state index in [1.807, 2.05) is 0 Å². The first kappa shape index (κ1) is 16.6. The van der Waals surface area contributed by atoms with Gasteiger partial charge in [0.05, 0.1) is 0 Å². The highest BCUT2D eigenvalue weighted by Gasteiger charge is 2.28. The summed E-state index contributed by atoms with van der Waals surface area (Å²) in [4.78, 5) is 0. The van der Waals surface area contributed by atoms with E-state index in [2.05, 4.69) is 94.8 Å². The van der Waals surface area contributed by atoms with Crippen LogP contribution in [0.2, 0.25) is 0 Å². The first-order valence-electron chi connectivity index (χ1n) is 8.66. The zero-order chi connectivity index (χ0) is 17.4. The molecule has 0 amide bonds. The fourth-order valence-corrected chi connectivity index (χ4v) is 4.21. The van der Waals surface area contributed by atoms with Gasteiger partial charge in [-0.1, -0.05) is 57.6 Å². The third-order valence-corrected chi connectivity index (χ3v) is 4.95. The molecular weight excluding hydrogens is 289 g/mol. The first-order valence-corrected chi connectivity index (χ1v) is 8.66. The maximum absolute atomic E-state index is 2.34. The quantitative estimate of drug-likeness (QED) is 0.644. The Morgan fingerprint density at radius 2 is 0.917 bits per heavy atom. The van der Waals surface area contributed by atoms with Gasteiger partial charge in [-0.3, -0.25) is 0 Å². The van der Waals surface area contributed by atoms with Crippen LogP contribution in [-0.4, -0.2) is 11.3 Å². The molecular formula is C22H26BN. The van der Waals surface area contributed by atoms with Crippen molar-refractivity contribution in [1.29, 1.82) is 0 Å². The average molecular weight is 315 g/mol. The van der Waals surface area contributed by atoms with Crippen LogP contribution >= 0.6 is 0 Å². The van der Waals surface area contributed by atoms with Crippen molar-refractivity contribution in [3.63, 3.8) is 0 Å². The SMILES string of the molecule is Cc1cc(C)c(B(c2c(C)cc(C)cc2C)n2cccc2)c(C)c1. The number of rotatable bonds is 3. The van der Waals surface area contributed by atoms with Crippen LogP contribution in [0.1, 0.15) is 33.4 Å². The maximum Gasteiger partial charge on any atom is 0.328 e. The minimum absolute atomic E-state index is 0.223. The monoisotopic (exact) mass is 315 g/mol. The zero-order valence-corrected chi connectivity index (χ0v) is 15.6. The van der Waals surface area contributed by atoms with Gasteiger partial charge in [0.25, 0.3) is 0 Å². The van der Waals surface area contributed by atoms with Crippen LogP contribution in [-0.2, 0) is 0 Å². The van der Waals surface area contributed by atoms with Crippen molar-refractivity contribution in [2.75, 3.05) is 0 Å². The van der Waals surface area contributed by atoms with Crippen molar-refractivity contribution < 1.29 is 0 Å². The van der Waals surface area contributed by atoms with E-state index >= 15 is 0 Å². The lowest BCUT2D eigenvalue weighted by atomic mass is 9.46. The standard InChI is InChI=1S/C22H26BN/c1-15-11-17(3)21(18(4)12-15)23(24-9-7-8-10-24)22-19(5)13-16(2)14-20(22)6/h7-14H,1-6H3. The second kappa shape index (κ2) is 6.35. The van der Waals surface area contributed by atoms with Crippen LogP contribution in [0.4, 0.5) is 0 Å². The van der Waals surface area contributed by atoms with Crippen molar-refractivity contribution in [3.8, 4) is 0 Å². The van der Waals surface area contributed by atoms with Gasteiger partial charge in [-0.15, -0.1) is 0 Å². The molecule has 0 fully saturated rings. The second-order valence-electron chi connectivity index (χ2n) is 7.16. The third kappa shape index (κ3) is 2.93. The number of benzene rings is 2. The molecule has 1 nitrogen and oxygen atoms in total. The molecule has 1 heterocycles. The van der Waals surface area contributed by atoms with E-state index in [1.54, 1.807) is 0 Å². The summed E-state index contributed by atoms with van der Waals surface area (Å²) in [6.45, 7) is 13.5. The summed E-state index contributed by atoms with van der Waals surface area (Å²) in [6.07, 6.45) is 4.37. The number of nitrogens with zero attached hydrogens (tertiary/aromatic N) is 1. The molecule has 0 aliphatic carbocycles. The highest BCUT2D eigenvalue weighted by atomic mass is 14.9. The molecule has 2 aromatic carbocycles. The van der Waals surface area contributed by atoms with Crippen molar-refractivity contribution in [2.45, 2.75) is 41.5 Å². The van der Waals surface area contributed by atoms with Crippen LogP contribution in [0.5, 0.6) is 0 Å². The van der Waals surface area contributed by atoms with E-state index < -0.39 is 0 Å². The van der Waals surface area contributed by atoms with E-state index in [0.717, 1.165) is 0 Å². The largest absolute Gasteiger partial charge is 0.389 e.